The van der Waals surface area contributed by atoms with Gasteiger partial charge in [0.25, 0.3) is 0 Å². The lowest BCUT2D eigenvalue weighted by molar-refractivity contribution is -0.133. The monoisotopic (exact) mass is 1270 g/mol. The van der Waals surface area contributed by atoms with Crippen molar-refractivity contribution in [1.82, 2.24) is 15.1 Å². The first-order valence-corrected chi connectivity index (χ1v) is 34.1. The van der Waals surface area contributed by atoms with E-state index in [2.05, 4.69) is 205 Å². The molecule has 2 amide bonds. The maximum atomic E-state index is 11.8. The molecule has 1 aliphatic carbocycles. The van der Waals surface area contributed by atoms with E-state index in [9.17, 15) is 9.59 Å². The Morgan fingerprint density at radius 3 is 0.957 bits per heavy atom. The molecule has 0 bridgehead atoms. The molecule has 14 nitrogen and oxygen atoms in total. The minimum Gasteiger partial charge on any atom is -0.399 e. The maximum absolute atomic E-state index is 11.8. The number of nitrogens with zero attached hydrogens (tertiary/aromatic N) is 2. The number of aliphatic hydroxyl groups is 1. The van der Waals surface area contributed by atoms with Gasteiger partial charge in [-0.2, -0.15) is 0 Å². The van der Waals surface area contributed by atoms with Crippen LogP contribution in [0.5, 0.6) is 0 Å². The largest absolute Gasteiger partial charge is 0.494 e. The summed E-state index contributed by atoms with van der Waals surface area (Å²) in [6.45, 7) is 41.7. The van der Waals surface area contributed by atoms with Crippen molar-refractivity contribution < 1.29 is 51.9 Å². The van der Waals surface area contributed by atoms with E-state index in [0.717, 1.165) is 72.2 Å². The normalized spacial score (nSPS) is 23.6. The summed E-state index contributed by atoms with van der Waals surface area (Å²) >= 11 is 0. The van der Waals surface area contributed by atoms with Gasteiger partial charge < -0.3 is 57.5 Å². The lowest BCUT2D eigenvalue weighted by atomic mass is 9.78. The first-order valence-electron chi connectivity index (χ1n) is 34.1. The van der Waals surface area contributed by atoms with Gasteiger partial charge in [-0.25, -0.2) is 0 Å². The third-order valence-electron chi connectivity index (χ3n) is 21.5. The Kier molecular flexibility index (Phi) is 22.2. The van der Waals surface area contributed by atoms with Crippen molar-refractivity contribution in [3.63, 3.8) is 0 Å². The van der Waals surface area contributed by atoms with E-state index in [0.29, 0.717) is 26.1 Å². The van der Waals surface area contributed by atoms with Crippen LogP contribution in [0.15, 0.2) is 121 Å². The molecule has 4 saturated heterocycles. The van der Waals surface area contributed by atoms with E-state index < -0.39 is 6.61 Å². The van der Waals surface area contributed by atoms with Crippen molar-refractivity contribution in [2.45, 2.75) is 214 Å². The molecule has 8 aliphatic rings. The zero-order valence-electron chi connectivity index (χ0n) is 59.3. The molecular formula is C75H105B4N3O11. The van der Waals surface area contributed by atoms with Gasteiger partial charge in [-0.15, -0.1) is 0 Å². The van der Waals surface area contributed by atoms with E-state index in [-0.39, 0.29) is 85.1 Å². The molecule has 1 atom stereocenters. The predicted octanol–water partition coefficient (Wildman–Crippen LogP) is 11.2. The molecule has 2 N–H and O–H groups in total. The number of hydrogen-bond acceptors (Lipinski definition) is 12. The Balaban J connectivity index is 0.000000147. The van der Waals surface area contributed by atoms with Crippen LogP contribution in [-0.2, 0) is 46.8 Å². The van der Waals surface area contributed by atoms with Crippen LogP contribution in [0.25, 0.3) is 22.3 Å². The number of hydrogen-bond donors (Lipinski definition) is 2. The predicted molar refractivity (Wildman–Crippen MR) is 381 cm³/mol. The summed E-state index contributed by atoms with van der Waals surface area (Å²) in [5.74, 6) is 0.839. The van der Waals surface area contributed by atoms with E-state index in [1.165, 1.54) is 58.2 Å². The van der Waals surface area contributed by atoms with Gasteiger partial charge in [0.1, 0.15) is 6.61 Å². The van der Waals surface area contributed by atoms with Crippen molar-refractivity contribution in [2.75, 3.05) is 45.9 Å². The van der Waals surface area contributed by atoms with E-state index in [1.807, 2.05) is 51.7 Å². The molecule has 1 unspecified atom stereocenters. The molecule has 0 radical (unpaired) electrons. The van der Waals surface area contributed by atoms with Crippen molar-refractivity contribution in [3.05, 3.63) is 144 Å². The van der Waals surface area contributed by atoms with Crippen molar-refractivity contribution in [1.29, 1.82) is 0 Å². The number of amides is 2. The fraction of sp³-hybridized carbons (Fsp3) is 0.547. The fourth-order valence-electron chi connectivity index (χ4n) is 12.1. The average Bonchev–Trinajstić information content (AvgIpc) is 2.26. The number of carbonyl (C=O) groups excluding carboxylic acids is 2. The SMILES string of the molecule is CC1(C)OB(c2ccc(C3=CCN(C(=O)CO)CC3)cc2)OC1(C)C.CC1(C)OB(c2ccc(C3=CCNCC3)cc2)OC1(C)C.CC1CC=C(c2ccc(B3OC(C)(C)C(C)(C)O3)cc2)CC1.CCC(=O)N1CC=C(c2ccc(B3OC(C)(C)C(C)(C)O3)cc2)CC1. The van der Waals surface area contributed by atoms with Gasteiger partial charge in [-0.1, -0.05) is 135 Å². The molecule has 18 heteroatoms. The minimum absolute atomic E-state index is 0.216. The Hall–Kier alpha value is -5.36. The van der Waals surface area contributed by atoms with Crippen molar-refractivity contribution in [3.8, 4) is 0 Å². The Labute approximate surface area is 558 Å². The smallest absolute Gasteiger partial charge is 0.399 e. The van der Waals surface area contributed by atoms with Crippen LogP contribution in [0.1, 0.15) is 192 Å². The number of aliphatic hydroxyl groups excluding tert-OH is 1. The summed E-state index contributed by atoms with van der Waals surface area (Å²) in [6, 6.07) is 34.0. The third-order valence-corrected chi connectivity index (χ3v) is 21.5. The average molecular weight is 1270 g/mol. The van der Waals surface area contributed by atoms with Crippen LogP contribution in [0.4, 0.5) is 0 Å². The summed E-state index contributed by atoms with van der Waals surface area (Å²) in [5, 5.41) is 12.3. The van der Waals surface area contributed by atoms with Crippen molar-refractivity contribution in [2.24, 2.45) is 5.92 Å². The molecule has 93 heavy (non-hydrogen) atoms. The van der Waals surface area contributed by atoms with Crippen LogP contribution < -0.4 is 27.2 Å². The molecule has 4 aromatic carbocycles. The number of benzene rings is 4. The number of carbonyl (C=O) groups is 2. The Morgan fingerprint density at radius 2 is 0.720 bits per heavy atom. The minimum atomic E-state index is -0.425. The summed E-state index contributed by atoms with van der Waals surface area (Å²) in [5.41, 5.74) is 12.2. The second-order valence-corrected chi connectivity index (χ2v) is 30.3. The molecule has 4 aromatic rings. The summed E-state index contributed by atoms with van der Waals surface area (Å²) in [4.78, 5) is 26.9. The number of rotatable bonds is 10. The molecule has 0 saturated carbocycles. The third kappa shape index (κ3) is 16.7. The standard InChI is InChI=1S/C20H28BNO3.C19H26BNO4.C19H27BO2.C17H24BNO2/c1-6-18(23)22-13-11-16(12-14-22)15-7-9-17(10-8-15)21-24-19(2,3)20(4,5)25-21;1-18(2)19(3,4)25-20(24-18)16-7-5-14(6-8-16)15-9-11-21(12-10-15)17(23)13-22;1-14-6-8-15(9-7-14)16-10-12-17(13-11-16)20-21-18(2,3)19(4,5)22-20;1-16(2)17(3,4)21-18(20-16)15-7-5-13(6-8-15)14-9-11-19-12-10-14/h7-11H,6,12-14H2,1-5H3;5-9,22H,10-13H2,1-4H3;8,10-14H,6-7,9H2,1-5H3;5-9,19H,10-12H2,1-4H3. The highest BCUT2D eigenvalue weighted by atomic mass is 16.7. The van der Waals surface area contributed by atoms with Gasteiger partial charge in [0.2, 0.25) is 11.8 Å². The molecule has 4 fully saturated rings. The summed E-state index contributed by atoms with van der Waals surface area (Å²) in [7, 11) is -1.21. The maximum Gasteiger partial charge on any atom is 0.494 e. The molecule has 7 aliphatic heterocycles. The van der Waals surface area contributed by atoms with Gasteiger partial charge in [-0.3, -0.25) is 9.59 Å². The van der Waals surface area contributed by atoms with Gasteiger partial charge in [0, 0.05) is 39.1 Å². The fourth-order valence-corrected chi connectivity index (χ4v) is 12.1. The second kappa shape index (κ2) is 28.8. The van der Waals surface area contributed by atoms with Gasteiger partial charge in [0.05, 0.1) is 44.8 Å². The Bertz CT molecular complexity index is 3190. The quantitative estimate of drug-likeness (QED) is 0.146. The Morgan fingerprint density at radius 1 is 0.430 bits per heavy atom. The van der Waals surface area contributed by atoms with E-state index in [4.69, 9.17) is 42.3 Å². The summed E-state index contributed by atoms with van der Waals surface area (Å²) < 4.78 is 48.8. The molecule has 498 valence electrons. The van der Waals surface area contributed by atoms with Crippen LogP contribution in [0.2, 0.25) is 0 Å². The first kappa shape index (κ1) is 71.9. The summed E-state index contributed by atoms with van der Waals surface area (Å²) in [6.07, 6.45) is 16.0. The number of allylic oxidation sites excluding steroid dienone is 2. The van der Waals surface area contributed by atoms with Crippen LogP contribution in [-0.4, -0.2) is 146 Å². The van der Waals surface area contributed by atoms with Gasteiger partial charge >= 0.3 is 28.5 Å². The van der Waals surface area contributed by atoms with Crippen LogP contribution in [0, 0.1) is 5.92 Å². The molecule has 12 rings (SSSR count). The van der Waals surface area contributed by atoms with Crippen LogP contribution >= 0.6 is 0 Å². The highest BCUT2D eigenvalue weighted by Crippen LogP contribution is 2.41. The lowest BCUT2D eigenvalue weighted by Gasteiger charge is -2.32. The molecular weight excluding hydrogens is 1160 g/mol. The number of nitrogens with one attached hydrogen (secondary N) is 1. The van der Waals surface area contributed by atoms with Crippen LogP contribution in [0.3, 0.4) is 0 Å². The lowest BCUT2D eigenvalue weighted by Crippen LogP contribution is -2.41. The highest BCUT2D eigenvalue weighted by Gasteiger charge is 2.55. The van der Waals surface area contributed by atoms with Crippen molar-refractivity contribution >= 4 is 84.4 Å². The van der Waals surface area contributed by atoms with Gasteiger partial charge in [-0.05, 0) is 228 Å². The molecule has 0 aromatic heterocycles. The molecule has 7 heterocycles. The second-order valence-electron chi connectivity index (χ2n) is 30.3. The zero-order chi connectivity index (χ0) is 67.5. The highest BCUT2D eigenvalue weighted by molar-refractivity contribution is 6.63. The van der Waals surface area contributed by atoms with E-state index in [1.54, 1.807) is 4.90 Å². The zero-order valence-corrected chi connectivity index (χ0v) is 59.3. The topological polar surface area (TPSA) is 147 Å². The molecule has 0 spiro atoms. The van der Waals surface area contributed by atoms with E-state index >= 15 is 0 Å². The first-order chi connectivity index (χ1) is 43.6. The van der Waals surface area contributed by atoms with Gasteiger partial charge in [0.15, 0.2) is 0 Å².